The summed E-state index contributed by atoms with van der Waals surface area (Å²) in [7, 11) is -3.91. The fraction of sp³-hybridized carbons (Fsp3) is 0.296. The Labute approximate surface area is 197 Å². The molecule has 0 aliphatic rings. The summed E-state index contributed by atoms with van der Waals surface area (Å²) < 4.78 is 28.2. The first-order valence-corrected chi connectivity index (χ1v) is 12.7. The van der Waals surface area contributed by atoms with Crippen molar-refractivity contribution in [1.29, 1.82) is 0 Å². The molecule has 0 radical (unpaired) electrons. The molecule has 0 aromatic heterocycles. The number of benzene rings is 3. The van der Waals surface area contributed by atoms with Crippen molar-refractivity contribution < 1.29 is 13.2 Å². The number of aryl methyl sites for hydroxylation is 2. The van der Waals surface area contributed by atoms with Crippen molar-refractivity contribution in [1.82, 2.24) is 5.32 Å². The SMILES string of the molecule is CCC(CNC(=O)CN(c1ccccc1C)S(=O)(=O)c1ccc(C)cc1)Cc1ccccc1. The lowest BCUT2D eigenvalue weighted by Crippen LogP contribution is -2.42. The lowest BCUT2D eigenvalue weighted by Gasteiger charge is -2.26. The number of rotatable bonds is 10. The number of amides is 1. The van der Waals surface area contributed by atoms with Crippen LogP contribution in [0.1, 0.15) is 30.0 Å². The Kier molecular flexibility index (Phi) is 8.28. The predicted octanol–water partition coefficient (Wildman–Crippen LogP) is 4.88. The second-order valence-corrected chi connectivity index (χ2v) is 10.2. The van der Waals surface area contributed by atoms with Gasteiger partial charge in [-0.05, 0) is 55.5 Å². The van der Waals surface area contributed by atoms with Crippen LogP contribution in [0.2, 0.25) is 0 Å². The lowest BCUT2D eigenvalue weighted by molar-refractivity contribution is -0.119. The summed E-state index contributed by atoms with van der Waals surface area (Å²) in [6.07, 6.45) is 1.78. The molecule has 3 aromatic carbocycles. The van der Waals surface area contributed by atoms with Crippen LogP contribution in [-0.2, 0) is 21.2 Å². The maximum atomic E-state index is 13.5. The number of hydrogen-bond donors (Lipinski definition) is 1. The zero-order valence-corrected chi connectivity index (χ0v) is 20.3. The van der Waals surface area contributed by atoms with E-state index in [1.165, 1.54) is 9.87 Å². The van der Waals surface area contributed by atoms with Gasteiger partial charge in [0, 0.05) is 6.54 Å². The zero-order chi connectivity index (χ0) is 23.8. The number of carbonyl (C=O) groups is 1. The molecular formula is C27H32N2O3S. The van der Waals surface area contributed by atoms with Gasteiger partial charge in [-0.1, -0.05) is 79.6 Å². The molecule has 0 heterocycles. The third-order valence-corrected chi connectivity index (χ3v) is 7.59. The molecule has 0 saturated heterocycles. The molecule has 0 fully saturated rings. The van der Waals surface area contributed by atoms with Gasteiger partial charge in [-0.15, -0.1) is 0 Å². The minimum atomic E-state index is -3.91. The fourth-order valence-electron chi connectivity index (χ4n) is 3.73. The van der Waals surface area contributed by atoms with Gasteiger partial charge in [-0.3, -0.25) is 9.10 Å². The molecule has 33 heavy (non-hydrogen) atoms. The van der Waals surface area contributed by atoms with Crippen molar-refractivity contribution in [2.24, 2.45) is 5.92 Å². The van der Waals surface area contributed by atoms with Crippen LogP contribution in [0.5, 0.6) is 0 Å². The number of anilines is 1. The number of sulfonamides is 1. The van der Waals surface area contributed by atoms with Crippen molar-refractivity contribution >= 4 is 21.6 Å². The van der Waals surface area contributed by atoms with Gasteiger partial charge in [0.2, 0.25) is 5.91 Å². The largest absolute Gasteiger partial charge is 0.354 e. The topological polar surface area (TPSA) is 66.5 Å². The van der Waals surface area contributed by atoms with Crippen molar-refractivity contribution in [3.8, 4) is 0 Å². The van der Waals surface area contributed by atoms with Gasteiger partial charge in [-0.25, -0.2) is 8.42 Å². The number of carbonyl (C=O) groups excluding carboxylic acids is 1. The summed E-state index contributed by atoms with van der Waals surface area (Å²) in [5.74, 6) is -0.0441. The Morgan fingerprint density at radius 1 is 0.909 bits per heavy atom. The molecular weight excluding hydrogens is 432 g/mol. The predicted molar refractivity (Wildman–Crippen MR) is 134 cm³/mol. The number of hydrogen-bond acceptors (Lipinski definition) is 3. The van der Waals surface area contributed by atoms with Crippen molar-refractivity contribution in [2.75, 3.05) is 17.4 Å². The Bertz CT molecular complexity index is 1160. The van der Waals surface area contributed by atoms with E-state index in [9.17, 15) is 13.2 Å². The first-order valence-electron chi connectivity index (χ1n) is 11.3. The first-order chi connectivity index (χ1) is 15.8. The zero-order valence-electron chi connectivity index (χ0n) is 19.5. The Morgan fingerprint density at radius 2 is 1.55 bits per heavy atom. The second-order valence-electron chi connectivity index (χ2n) is 8.38. The van der Waals surface area contributed by atoms with E-state index in [4.69, 9.17) is 0 Å². The smallest absolute Gasteiger partial charge is 0.264 e. The van der Waals surface area contributed by atoms with Gasteiger partial charge in [0.1, 0.15) is 6.54 Å². The van der Waals surface area contributed by atoms with E-state index in [-0.39, 0.29) is 23.3 Å². The third-order valence-electron chi connectivity index (χ3n) is 5.81. The molecule has 0 spiro atoms. The van der Waals surface area contributed by atoms with E-state index < -0.39 is 10.0 Å². The monoisotopic (exact) mass is 464 g/mol. The normalized spacial score (nSPS) is 12.2. The van der Waals surface area contributed by atoms with Crippen LogP contribution in [0.4, 0.5) is 5.69 Å². The Balaban J connectivity index is 1.78. The van der Waals surface area contributed by atoms with Gasteiger partial charge in [-0.2, -0.15) is 0 Å². The molecule has 1 unspecified atom stereocenters. The minimum Gasteiger partial charge on any atom is -0.354 e. The summed E-state index contributed by atoms with van der Waals surface area (Å²) in [4.78, 5) is 13.1. The van der Waals surface area contributed by atoms with Crippen molar-refractivity contribution in [3.63, 3.8) is 0 Å². The highest BCUT2D eigenvalue weighted by Crippen LogP contribution is 2.26. The van der Waals surface area contributed by atoms with Gasteiger partial charge in [0.15, 0.2) is 0 Å². The van der Waals surface area contributed by atoms with E-state index in [0.29, 0.717) is 12.2 Å². The van der Waals surface area contributed by atoms with E-state index in [1.807, 2.05) is 44.2 Å². The van der Waals surface area contributed by atoms with Crippen LogP contribution in [-0.4, -0.2) is 27.4 Å². The van der Waals surface area contributed by atoms with Crippen LogP contribution in [0.3, 0.4) is 0 Å². The highest BCUT2D eigenvalue weighted by Gasteiger charge is 2.28. The van der Waals surface area contributed by atoms with E-state index >= 15 is 0 Å². The van der Waals surface area contributed by atoms with Gasteiger partial charge in [0.05, 0.1) is 10.6 Å². The molecule has 0 aliphatic carbocycles. The summed E-state index contributed by atoms with van der Waals surface area (Å²) in [6.45, 7) is 6.07. The molecule has 6 heteroatoms. The van der Waals surface area contributed by atoms with E-state index in [0.717, 1.165) is 24.0 Å². The summed E-state index contributed by atoms with van der Waals surface area (Å²) >= 11 is 0. The molecule has 1 N–H and O–H groups in total. The molecule has 5 nitrogen and oxygen atoms in total. The molecule has 0 aliphatic heterocycles. The maximum absolute atomic E-state index is 13.5. The average Bonchev–Trinajstić information content (AvgIpc) is 2.81. The van der Waals surface area contributed by atoms with Gasteiger partial charge < -0.3 is 5.32 Å². The highest BCUT2D eigenvalue weighted by atomic mass is 32.2. The summed E-state index contributed by atoms with van der Waals surface area (Å²) in [5, 5.41) is 2.96. The highest BCUT2D eigenvalue weighted by molar-refractivity contribution is 7.92. The van der Waals surface area contributed by atoms with Crippen LogP contribution in [0.25, 0.3) is 0 Å². The molecule has 1 amide bonds. The number of nitrogens with one attached hydrogen (secondary N) is 1. The van der Waals surface area contributed by atoms with E-state index in [2.05, 4.69) is 24.4 Å². The number of nitrogens with zero attached hydrogens (tertiary/aromatic N) is 1. The van der Waals surface area contributed by atoms with Crippen LogP contribution >= 0.6 is 0 Å². The van der Waals surface area contributed by atoms with Crippen LogP contribution < -0.4 is 9.62 Å². The Morgan fingerprint density at radius 3 is 2.18 bits per heavy atom. The van der Waals surface area contributed by atoms with Crippen LogP contribution in [0.15, 0.2) is 83.8 Å². The quantitative estimate of drug-likeness (QED) is 0.465. The molecule has 3 rings (SSSR count). The minimum absolute atomic E-state index is 0.166. The molecule has 0 saturated carbocycles. The van der Waals surface area contributed by atoms with Crippen molar-refractivity contribution in [3.05, 3.63) is 95.6 Å². The average molecular weight is 465 g/mol. The molecule has 174 valence electrons. The fourth-order valence-corrected chi connectivity index (χ4v) is 5.22. The standard InChI is InChI=1S/C27H32N2O3S/c1-4-23(18-24-11-6-5-7-12-24)19-28-27(30)20-29(26-13-9-8-10-22(26)3)33(31,32)25-16-14-21(2)15-17-25/h5-17,23H,4,18-20H2,1-3H3,(H,28,30). The molecule has 0 bridgehead atoms. The lowest BCUT2D eigenvalue weighted by atomic mass is 9.97. The first kappa shape index (κ1) is 24.5. The summed E-state index contributed by atoms with van der Waals surface area (Å²) in [6, 6.07) is 24.1. The van der Waals surface area contributed by atoms with Crippen LogP contribution in [0, 0.1) is 19.8 Å². The number of para-hydroxylation sites is 1. The molecule has 3 aromatic rings. The van der Waals surface area contributed by atoms with Crippen molar-refractivity contribution in [2.45, 2.75) is 38.5 Å². The van der Waals surface area contributed by atoms with Gasteiger partial charge in [0.25, 0.3) is 10.0 Å². The third kappa shape index (κ3) is 6.45. The van der Waals surface area contributed by atoms with Gasteiger partial charge >= 0.3 is 0 Å². The Hall–Kier alpha value is -3.12. The maximum Gasteiger partial charge on any atom is 0.264 e. The van der Waals surface area contributed by atoms with E-state index in [1.54, 1.807) is 36.4 Å². The summed E-state index contributed by atoms with van der Waals surface area (Å²) in [5.41, 5.74) is 3.49. The molecule has 1 atom stereocenters. The second kappa shape index (κ2) is 11.1.